The molecular weight excluding hydrogens is 445 g/mol. The minimum atomic E-state index is -3.88. The number of hydrogen-bond donors (Lipinski definition) is 0. The van der Waals surface area contributed by atoms with Gasteiger partial charge in [-0.3, -0.25) is 4.79 Å². The Morgan fingerprint density at radius 3 is 2.42 bits per heavy atom. The first-order chi connectivity index (χ1) is 15.8. The Bertz CT molecular complexity index is 1080. The number of amides is 1. The maximum absolute atomic E-state index is 13.9. The summed E-state index contributed by atoms with van der Waals surface area (Å²) < 4.78 is 47.4. The fraction of sp³-hybridized carbons (Fsp3) is 0.500. The lowest BCUT2D eigenvalue weighted by molar-refractivity contribution is -0.136. The fourth-order valence-electron chi connectivity index (χ4n) is 4.18. The molecule has 0 atom stereocenters. The monoisotopic (exact) mass is 477 g/mol. The number of aryl methyl sites for hydroxylation is 1. The third kappa shape index (κ3) is 5.70. The van der Waals surface area contributed by atoms with Gasteiger partial charge in [-0.15, -0.1) is 0 Å². The zero-order chi connectivity index (χ0) is 24.0. The molecular formula is C24H32FN3O4S. The molecule has 33 heavy (non-hydrogen) atoms. The first kappa shape index (κ1) is 25.1. The summed E-state index contributed by atoms with van der Waals surface area (Å²) in [5, 5.41) is 3.83. The van der Waals surface area contributed by atoms with Gasteiger partial charge in [0.05, 0.1) is 0 Å². The van der Waals surface area contributed by atoms with Gasteiger partial charge in [0.15, 0.2) is 10.7 Å². The second-order valence-corrected chi connectivity index (χ2v) is 10.2. The van der Waals surface area contributed by atoms with E-state index in [1.807, 2.05) is 18.7 Å². The molecule has 2 heterocycles. The van der Waals surface area contributed by atoms with Crippen LogP contribution < -0.4 is 0 Å². The molecule has 1 fully saturated rings. The minimum Gasteiger partial charge on any atom is -0.355 e. The summed E-state index contributed by atoms with van der Waals surface area (Å²) in [6.07, 6.45) is 5.65. The number of piperidine rings is 1. The van der Waals surface area contributed by atoms with Gasteiger partial charge in [-0.05, 0) is 50.8 Å². The van der Waals surface area contributed by atoms with E-state index in [0.717, 1.165) is 25.9 Å². The van der Waals surface area contributed by atoms with E-state index in [1.54, 1.807) is 25.1 Å². The van der Waals surface area contributed by atoms with Crippen molar-refractivity contribution in [3.63, 3.8) is 0 Å². The van der Waals surface area contributed by atoms with Gasteiger partial charge in [0.1, 0.15) is 11.5 Å². The second kappa shape index (κ2) is 11.1. The lowest BCUT2D eigenvalue weighted by atomic mass is 9.96. The van der Waals surface area contributed by atoms with Crippen LogP contribution in [0.2, 0.25) is 0 Å². The van der Waals surface area contributed by atoms with E-state index >= 15 is 0 Å². The van der Waals surface area contributed by atoms with Crippen molar-refractivity contribution in [2.24, 2.45) is 5.92 Å². The summed E-state index contributed by atoms with van der Waals surface area (Å²) in [5.74, 6) is -0.406. The van der Waals surface area contributed by atoms with Crippen LogP contribution in [0.1, 0.15) is 56.5 Å². The van der Waals surface area contributed by atoms with Crippen LogP contribution in [0.3, 0.4) is 0 Å². The average molecular weight is 478 g/mol. The highest BCUT2D eigenvalue weighted by atomic mass is 32.2. The van der Waals surface area contributed by atoms with Crippen LogP contribution >= 0.6 is 0 Å². The van der Waals surface area contributed by atoms with Crippen molar-refractivity contribution < 1.29 is 22.1 Å². The zero-order valence-corrected chi connectivity index (χ0v) is 20.3. The van der Waals surface area contributed by atoms with Crippen LogP contribution in [0.5, 0.6) is 0 Å². The van der Waals surface area contributed by atoms with Crippen molar-refractivity contribution in [2.75, 3.05) is 26.2 Å². The van der Waals surface area contributed by atoms with Crippen molar-refractivity contribution in [1.82, 2.24) is 14.4 Å². The number of nitrogens with zero attached hydrogens (tertiary/aromatic N) is 3. The standard InChI is InChI=1S/C24H32FN3O4S/c1-4-14-27(15-5-2)24(29)20-12-16-28(17-13-20)33(30,31)23-18(3)26-32-22(23)11-10-19-8-6-7-9-21(19)25/h6-11,20H,4-5,12-17H2,1-3H3. The second-order valence-electron chi connectivity index (χ2n) is 8.32. The van der Waals surface area contributed by atoms with Gasteiger partial charge >= 0.3 is 0 Å². The molecule has 0 aliphatic carbocycles. The van der Waals surface area contributed by atoms with E-state index in [4.69, 9.17) is 4.52 Å². The van der Waals surface area contributed by atoms with Crippen LogP contribution in [0, 0.1) is 18.7 Å². The summed E-state index contributed by atoms with van der Waals surface area (Å²) in [6, 6.07) is 6.20. The third-order valence-corrected chi connectivity index (χ3v) is 7.91. The van der Waals surface area contributed by atoms with Gasteiger partial charge in [0.25, 0.3) is 0 Å². The molecule has 1 aromatic carbocycles. The molecule has 1 aliphatic heterocycles. The van der Waals surface area contributed by atoms with Crippen LogP contribution in [-0.2, 0) is 14.8 Å². The summed E-state index contributed by atoms with van der Waals surface area (Å²) in [6.45, 7) is 7.62. The highest BCUT2D eigenvalue weighted by molar-refractivity contribution is 7.89. The molecule has 180 valence electrons. The van der Waals surface area contributed by atoms with Crippen LogP contribution in [-0.4, -0.2) is 54.9 Å². The molecule has 1 amide bonds. The molecule has 2 aromatic rings. The highest BCUT2D eigenvalue weighted by Gasteiger charge is 2.36. The predicted octanol–water partition coefficient (Wildman–Crippen LogP) is 4.34. The van der Waals surface area contributed by atoms with E-state index in [2.05, 4.69) is 5.16 Å². The normalized spacial score (nSPS) is 15.9. The Labute approximate surface area is 195 Å². The molecule has 0 bridgehead atoms. The maximum Gasteiger partial charge on any atom is 0.248 e. The van der Waals surface area contributed by atoms with Crippen molar-refractivity contribution in [2.45, 2.75) is 51.3 Å². The third-order valence-electron chi connectivity index (χ3n) is 5.85. The summed E-state index contributed by atoms with van der Waals surface area (Å²) in [5.41, 5.74) is 0.566. The Balaban J connectivity index is 1.75. The first-order valence-corrected chi connectivity index (χ1v) is 12.9. The molecule has 1 aliphatic rings. The molecule has 7 nitrogen and oxygen atoms in total. The van der Waals surface area contributed by atoms with Gasteiger partial charge < -0.3 is 9.42 Å². The molecule has 0 N–H and O–H groups in total. The van der Waals surface area contributed by atoms with Crippen molar-refractivity contribution in [3.8, 4) is 0 Å². The van der Waals surface area contributed by atoms with Crippen molar-refractivity contribution in [3.05, 3.63) is 47.1 Å². The Morgan fingerprint density at radius 1 is 1.18 bits per heavy atom. The smallest absolute Gasteiger partial charge is 0.248 e. The Hall–Kier alpha value is -2.52. The molecule has 0 saturated carbocycles. The maximum atomic E-state index is 13.9. The number of halogens is 1. The van der Waals surface area contributed by atoms with Gasteiger partial charge in [0, 0.05) is 37.7 Å². The number of hydrogen-bond acceptors (Lipinski definition) is 5. The number of carbonyl (C=O) groups is 1. The van der Waals surface area contributed by atoms with Crippen molar-refractivity contribution >= 4 is 28.1 Å². The summed E-state index contributed by atoms with van der Waals surface area (Å²) >= 11 is 0. The molecule has 3 rings (SSSR count). The minimum absolute atomic E-state index is 0.0153. The zero-order valence-electron chi connectivity index (χ0n) is 19.5. The van der Waals surface area contributed by atoms with E-state index in [0.29, 0.717) is 18.4 Å². The van der Waals surface area contributed by atoms with Gasteiger partial charge in [-0.2, -0.15) is 4.31 Å². The highest BCUT2D eigenvalue weighted by Crippen LogP contribution is 2.30. The Morgan fingerprint density at radius 2 is 1.82 bits per heavy atom. The lowest BCUT2D eigenvalue weighted by Crippen LogP contribution is -2.45. The number of carbonyl (C=O) groups excluding carboxylic acids is 1. The fourth-order valence-corrected chi connectivity index (χ4v) is 5.90. The van der Waals surface area contributed by atoms with Gasteiger partial charge in [0.2, 0.25) is 15.9 Å². The van der Waals surface area contributed by atoms with E-state index < -0.39 is 15.8 Å². The summed E-state index contributed by atoms with van der Waals surface area (Å²) in [4.78, 5) is 14.8. The van der Waals surface area contributed by atoms with Crippen LogP contribution in [0.15, 0.2) is 33.7 Å². The first-order valence-electron chi connectivity index (χ1n) is 11.5. The molecule has 9 heteroatoms. The number of rotatable bonds is 9. The Kier molecular flexibility index (Phi) is 8.42. The van der Waals surface area contributed by atoms with Crippen LogP contribution in [0.25, 0.3) is 12.2 Å². The van der Waals surface area contributed by atoms with E-state index in [1.165, 1.54) is 22.5 Å². The molecule has 1 saturated heterocycles. The largest absolute Gasteiger partial charge is 0.355 e. The topological polar surface area (TPSA) is 83.7 Å². The number of benzene rings is 1. The van der Waals surface area contributed by atoms with E-state index in [-0.39, 0.29) is 41.3 Å². The molecule has 0 spiro atoms. The number of aromatic nitrogens is 1. The molecule has 1 aromatic heterocycles. The SMILES string of the molecule is CCCN(CCC)C(=O)C1CCN(S(=O)(=O)c2c(C)noc2C=Cc2ccccc2F)CC1. The average Bonchev–Trinajstić information content (AvgIpc) is 3.19. The molecule has 0 unspecified atom stereocenters. The summed E-state index contributed by atoms with van der Waals surface area (Å²) in [7, 11) is -3.88. The van der Waals surface area contributed by atoms with E-state index in [9.17, 15) is 17.6 Å². The lowest BCUT2D eigenvalue weighted by Gasteiger charge is -2.33. The molecule has 0 radical (unpaired) electrons. The predicted molar refractivity (Wildman–Crippen MR) is 125 cm³/mol. The number of sulfonamides is 1. The van der Waals surface area contributed by atoms with Gasteiger partial charge in [-0.1, -0.05) is 37.2 Å². The van der Waals surface area contributed by atoms with Crippen LogP contribution in [0.4, 0.5) is 4.39 Å². The van der Waals surface area contributed by atoms with Crippen molar-refractivity contribution in [1.29, 1.82) is 0 Å². The quantitative estimate of drug-likeness (QED) is 0.536. The van der Waals surface area contributed by atoms with Gasteiger partial charge in [-0.25, -0.2) is 12.8 Å².